The van der Waals surface area contributed by atoms with Crippen LogP contribution in [0, 0.1) is 0 Å². The summed E-state index contributed by atoms with van der Waals surface area (Å²) in [5.41, 5.74) is 0.515. The van der Waals surface area contributed by atoms with Crippen LogP contribution in [0.15, 0.2) is 23.2 Å². The van der Waals surface area contributed by atoms with E-state index in [1.54, 1.807) is 7.11 Å². The Morgan fingerprint density at radius 2 is 1.92 bits per heavy atom. The number of nitrogens with one attached hydrogen (secondary N) is 3. The number of hydrogen-bond acceptors (Lipinski definition) is 4. The van der Waals surface area contributed by atoms with Crippen LogP contribution in [0.2, 0.25) is 0 Å². The number of nitrogens with zero attached hydrogens (tertiary/aromatic N) is 1. The zero-order chi connectivity index (χ0) is 18.9. The molecule has 0 aliphatic rings. The van der Waals surface area contributed by atoms with Crippen molar-refractivity contribution in [3.05, 3.63) is 18.2 Å². The maximum Gasteiger partial charge on any atom is 0.242 e. The van der Waals surface area contributed by atoms with Gasteiger partial charge in [0.1, 0.15) is 6.54 Å². The molecule has 25 heavy (non-hydrogen) atoms. The number of carbonyl (C=O) groups is 1. The highest BCUT2D eigenvalue weighted by Gasteiger charge is 2.13. The first-order valence-corrected chi connectivity index (χ1v) is 8.46. The SMILES string of the molecule is CCNC(=NCC(=O)NC(C)(C)C)Nc1ccc(OC)c(OCC)c1. The lowest BCUT2D eigenvalue weighted by molar-refractivity contribution is -0.121. The van der Waals surface area contributed by atoms with Crippen molar-refractivity contribution in [2.24, 2.45) is 4.99 Å². The van der Waals surface area contributed by atoms with E-state index in [0.29, 0.717) is 30.6 Å². The lowest BCUT2D eigenvalue weighted by atomic mass is 10.1. The fourth-order valence-electron chi connectivity index (χ4n) is 2.08. The highest BCUT2D eigenvalue weighted by molar-refractivity contribution is 5.95. The Morgan fingerprint density at radius 1 is 1.20 bits per heavy atom. The molecule has 0 saturated heterocycles. The molecule has 3 N–H and O–H groups in total. The second-order valence-corrected chi connectivity index (χ2v) is 6.42. The number of ether oxygens (including phenoxy) is 2. The topological polar surface area (TPSA) is 84.0 Å². The normalized spacial score (nSPS) is 11.7. The zero-order valence-corrected chi connectivity index (χ0v) is 16.0. The Hall–Kier alpha value is -2.44. The van der Waals surface area contributed by atoms with Crippen LogP contribution in [0.4, 0.5) is 5.69 Å². The third kappa shape index (κ3) is 7.78. The van der Waals surface area contributed by atoms with Crippen LogP contribution in [-0.2, 0) is 4.79 Å². The molecule has 0 spiro atoms. The summed E-state index contributed by atoms with van der Waals surface area (Å²) in [6.45, 7) is 11.0. The molecule has 0 heterocycles. The molecule has 0 aromatic heterocycles. The summed E-state index contributed by atoms with van der Waals surface area (Å²) in [6, 6.07) is 5.52. The van der Waals surface area contributed by atoms with Crippen LogP contribution in [0.3, 0.4) is 0 Å². The Balaban J connectivity index is 2.85. The minimum atomic E-state index is -0.277. The predicted molar refractivity (Wildman–Crippen MR) is 102 cm³/mol. The van der Waals surface area contributed by atoms with Gasteiger partial charge in [-0.15, -0.1) is 0 Å². The van der Waals surface area contributed by atoms with Crippen molar-refractivity contribution >= 4 is 17.6 Å². The van der Waals surface area contributed by atoms with Crippen molar-refractivity contribution in [3.63, 3.8) is 0 Å². The zero-order valence-electron chi connectivity index (χ0n) is 16.0. The maximum atomic E-state index is 11.9. The van der Waals surface area contributed by atoms with Gasteiger partial charge in [0.25, 0.3) is 0 Å². The summed E-state index contributed by atoms with van der Waals surface area (Å²) in [7, 11) is 1.60. The number of anilines is 1. The number of methoxy groups -OCH3 is 1. The molecule has 0 saturated carbocycles. The summed E-state index contributed by atoms with van der Waals surface area (Å²) in [6.07, 6.45) is 0. The summed E-state index contributed by atoms with van der Waals surface area (Å²) in [5, 5.41) is 9.17. The van der Waals surface area contributed by atoms with E-state index in [4.69, 9.17) is 9.47 Å². The number of carbonyl (C=O) groups excluding carboxylic acids is 1. The van der Waals surface area contributed by atoms with E-state index in [9.17, 15) is 4.79 Å². The van der Waals surface area contributed by atoms with E-state index in [-0.39, 0.29) is 18.0 Å². The van der Waals surface area contributed by atoms with Gasteiger partial charge in [-0.3, -0.25) is 4.79 Å². The molecule has 1 amide bonds. The van der Waals surface area contributed by atoms with Crippen molar-refractivity contribution in [1.29, 1.82) is 0 Å². The van der Waals surface area contributed by atoms with E-state index in [1.807, 2.05) is 52.8 Å². The van der Waals surface area contributed by atoms with E-state index in [1.165, 1.54) is 0 Å². The van der Waals surface area contributed by atoms with Crippen LogP contribution in [0.25, 0.3) is 0 Å². The highest BCUT2D eigenvalue weighted by Crippen LogP contribution is 2.30. The Kier molecular flexibility index (Phi) is 8.04. The van der Waals surface area contributed by atoms with Gasteiger partial charge in [-0.1, -0.05) is 0 Å². The molecule has 140 valence electrons. The number of guanidine groups is 1. The summed E-state index contributed by atoms with van der Waals surface area (Å²) in [4.78, 5) is 16.3. The standard InChI is InChI=1S/C18H30N4O3/c1-7-19-17(20-12-16(23)22-18(3,4)5)21-13-9-10-14(24-6)15(11-13)25-8-2/h9-11H,7-8,12H2,1-6H3,(H,22,23)(H2,19,20,21). The Labute approximate surface area is 150 Å². The van der Waals surface area contributed by atoms with Gasteiger partial charge in [-0.25, -0.2) is 4.99 Å². The van der Waals surface area contributed by atoms with Gasteiger partial charge >= 0.3 is 0 Å². The first-order valence-electron chi connectivity index (χ1n) is 8.46. The first kappa shape index (κ1) is 20.6. The van der Waals surface area contributed by atoms with Crippen LogP contribution in [0.1, 0.15) is 34.6 Å². The van der Waals surface area contributed by atoms with Crippen molar-refractivity contribution in [2.75, 3.05) is 32.1 Å². The molecular weight excluding hydrogens is 320 g/mol. The summed E-state index contributed by atoms with van der Waals surface area (Å²) >= 11 is 0. The van der Waals surface area contributed by atoms with Gasteiger partial charge in [0.05, 0.1) is 13.7 Å². The molecule has 0 fully saturated rings. The summed E-state index contributed by atoms with van der Waals surface area (Å²) in [5.74, 6) is 1.71. The number of rotatable bonds is 7. The maximum absolute atomic E-state index is 11.9. The van der Waals surface area contributed by atoms with Gasteiger partial charge in [0.2, 0.25) is 5.91 Å². The lowest BCUT2D eigenvalue weighted by Crippen LogP contribution is -2.42. The van der Waals surface area contributed by atoms with Gasteiger partial charge in [-0.05, 0) is 46.8 Å². The quantitative estimate of drug-likeness (QED) is 0.519. The van der Waals surface area contributed by atoms with Crippen LogP contribution >= 0.6 is 0 Å². The second-order valence-electron chi connectivity index (χ2n) is 6.42. The molecule has 0 aliphatic carbocycles. The molecular formula is C18H30N4O3. The van der Waals surface area contributed by atoms with E-state index in [0.717, 1.165) is 5.69 Å². The largest absolute Gasteiger partial charge is 0.493 e. The Bertz CT molecular complexity index is 594. The Morgan fingerprint density at radius 3 is 2.48 bits per heavy atom. The number of benzene rings is 1. The van der Waals surface area contributed by atoms with Crippen molar-refractivity contribution in [3.8, 4) is 11.5 Å². The van der Waals surface area contributed by atoms with E-state index >= 15 is 0 Å². The average molecular weight is 350 g/mol. The first-order chi connectivity index (χ1) is 11.8. The van der Waals surface area contributed by atoms with Gasteiger partial charge < -0.3 is 25.4 Å². The molecule has 1 aromatic carbocycles. The number of aliphatic imine (C=N–C) groups is 1. The molecule has 0 atom stereocenters. The molecule has 7 nitrogen and oxygen atoms in total. The fourth-order valence-corrected chi connectivity index (χ4v) is 2.08. The average Bonchev–Trinajstić information content (AvgIpc) is 2.52. The van der Waals surface area contributed by atoms with Gasteiger partial charge in [-0.2, -0.15) is 0 Å². The van der Waals surface area contributed by atoms with Crippen LogP contribution < -0.4 is 25.4 Å². The minimum Gasteiger partial charge on any atom is -0.493 e. The molecule has 0 unspecified atom stereocenters. The summed E-state index contributed by atoms with van der Waals surface area (Å²) < 4.78 is 10.9. The smallest absolute Gasteiger partial charge is 0.242 e. The molecule has 1 rings (SSSR count). The van der Waals surface area contributed by atoms with Crippen molar-refractivity contribution in [2.45, 2.75) is 40.2 Å². The van der Waals surface area contributed by atoms with Crippen molar-refractivity contribution in [1.82, 2.24) is 10.6 Å². The third-order valence-electron chi connectivity index (χ3n) is 2.97. The van der Waals surface area contributed by atoms with Crippen LogP contribution in [-0.4, -0.2) is 44.2 Å². The molecule has 7 heteroatoms. The van der Waals surface area contributed by atoms with E-state index in [2.05, 4.69) is 20.9 Å². The fraction of sp³-hybridized carbons (Fsp3) is 0.556. The molecule has 1 aromatic rings. The highest BCUT2D eigenvalue weighted by atomic mass is 16.5. The third-order valence-corrected chi connectivity index (χ3v) is 2.97. The predicted octanol–water partition coefficient (Wildman–Crippen LogP) is 2.39. The van der Waals surface area contributed by atoms with Crippen LogP contribution in [0.5, 0.6) is 11.5 Å². The number of hydrogen-bond donors (Lipinski definition) is 3. The van der Waals surface area contributed by atoms with E-state index < -0.39 is 0 Å². The lowest BCUT2D eigenvalue weighted by Gasteiger charge is -2.20. The molecule has 0 aliphatic heterocycles. The van der Waals surface area contributed by atoms with Crippen molar-refractivity contribution < 1.29 is 14.3 Å². The monoisotopic (exact) mass is 350 g/mol. The van der Waals surface area contributed by atoms with Gasteiger partial charge in [0, 0.05) is 23.8 Å². The second kappa shape index (κ2) is 9.76. The molecule has 0 radical (unpaired) electrons. The number of amides is 1. The minimum absolute atomic E-state index is 0.0427. The van der Waals surface area contributed by atoms with Gasteiger partial charge in [0.15, 0.2) is 17.5 Å². The molecule has 0 bridgehead atoms.